The Labute approximate surface area is 233 Å². The number of pyridine rings is 6. The van der Waals surface area contributed by atoms with Gasteiger partial charge in [0.25, 0.3) is 0 Å². The Morgan fingerprint density at radius 3 is 0.526 bits per heavy atom. The topological polar surface area (TPSA) is 77.3 Å². The summed E-state index contributed by atoms with van der Waals surface area (Å²) < 4.78 is 0. The molecule has 0 unspecified atom stereocenters. The fourth-order valence-corrected chi connectivity index (χ4v) is 3.09. The summed E-state index contributed by atoms with van der Waals surface area (Å²) in [5.41, 5.74) is 5.49. The van der Waals surface area contributed by atoms with Crippen molar-refractivity contribution in [3.8, 4) is 34.2 Å². The molecule has 0 aromatic carbocycles. The largest absolute Gasteiger partial charge is 0.358 e. The van der Waals surface area contributed by atoms with Gasteiger partial charge in [0.2, 0.25) is 0 Å². The number of hydrogen-bond donors (Lipinski definition) is 0. The van der Waals surface area contributed by atoms with E-state index in [4.69, 9.17) is 0 Å². The van der Waals surface area contributed by atoms with E-state index in [1.165, 1.54) is 0 Å². The van der Waals surface area contributed by atoms with Crippen LogP contribution < -0.4 is 0 Å². The first-order valence-electron chi connectivity index (χ1n) is 11.4. The monoisotopic (exact) mass is 541 g/mol. The Morgan fingerprint density at radius 1 is 0.263 bits per heavy atom. The van der Waals surface area contributed by atoms with E-state index in [1.54, 1.807) is 37.2 Å². The molecule has 6 aromatic heterocycles. The van der Waals surface area contributed by atoms with E-state index < -0.39 is 0 Å². The Hall–Kier alpha value is -4.61. The van der Waals surface area contributed by atoms with E-state index in [2.05, 4.69) is 29.9 Å². The zero-order valence-corrected chi connectivity index (χ0v) is 21.8. The molecule has 6 nitrogen and oxygen atoms in total. The molecule has 0 amide bonds. The Bertz CT molecular complexity index is 1100. The molecular weight excluding hydrogens is 515 g/mol. The Morgan fingerprint density at radius 2 is 0.421 bits per heavy atom. The number of hydrogen-bond acceptors (Lipinski definition) is 6. The summed E-state index contributed by atoms with van der Waals surface area (Å²) in [6.45, 7) is 0. The maximum Gasteiger partial charge on any atom is 0.0886 e. The zero-order chi connectivity index (χ0) is 24.7. The Balaban J connectivity index is 0.000000195. The van der Waals surface area contributed by atoms with E-state index in [0.717, 1.165) is 34.2 Å². The quantitative estimate of drug-likeness (QED) is 0.179. The zero-order valence-electron chi connectivity index (χ0n) is 20.9. The van der Waals surface area contributed by atoms with E-state index in [1.807, 2.05) is 109 Å². The van der Waals surface area contributed by atoms with Gasteiger partial charge < -0.3 is 7.43 Å². The van der Waals surface area contributed by atoms with Crippen molar-refractivity contribution < 1.29 is 16.5 Å². The second-order valence-corrected chi connectivity index (χ2v) is 7.29. The van der Waals surface area contributed by atoms with Gasteiger partial charge in [0.1, 0.15) is 0 Å². The van der Waals surface area contributed by atoms with Crippen molar-refractivity contribution in [2.24, 2.45) is 0 Å². The van der Waals surface area contributed by atoms with Gasteiger partial charge >= 0.3 is 0 Å². The molecule has 7 heteroatoms. The third-order valence-electron chi connectivity index (χ3n) is 4.78. The molecule has 0 fully saturated rings. The van der Waals surface area contributed by atoms with Crippen LogP contribution in [0.1, 0.15) is 0 Å². The van der Waals surface area contributed by atoms with Crippen LogP contribution in [0.15, 0.2) is 146 Å². The summed E-state index contributed by atoms with van der Waals surface area (Å²) in [6, 6.07) is 34.8. The van der Waals surface area contributed by atoms with Gasteiger partial charge in [-0.2, -0.15) is 0 Å². The van der Waals surface area contributed by atoms with E-state index in [9.17, 15) is 0 Å². The van der Waals surface area contributed by atoms with Crippen LogP contribution >= 0.6 is 0 Å². The van der Waals surface area contributed by atoms with Crippen LogP contribution in [-0.4, -0.2) is 29.9 Å². The van der Waals surface area contributed by atoms with Crippen molar-refractivity contribution in [2.45, 2.75) is 0 Å². The average molecular weight is 542 g/mol. The molecule has 6 aromatic rings. The average Bonchev–Trinajstić information content (AvgIpc) is 3.01. The molecule has 6 rings (SSSR count). The molecule has 0 aliphatic rings. The van der Waals surface area contributed by atoms with Crippen molar-refractivity contribution in [1.82, 2.24) is 29.9 Å². The van der Waals surface area contributed by atoms with Crippen molar-refractivity contribution in [2.75, 3.05) is 0 Å². The first-order chi connectivity index (χ1) is 17.9. The predicted octanol–water partition coefficient (Wildman–Crippen LogP) is 6.88. The Kier molecular flexibility index (Phi) is 13.2. The second-order valence-electron chi connectivity index (χ2n) is 7.29. The third-order valence-corrected chi connectivity index (χ3v) is 4.78. The van der Waals surface area contributed by atoms with Crippen LogP contribution in [0.25, 0.3) is 34.2 Å². The minimum Gasteiger partial charge on any atom is -0.358 e. The van der Waals surface area contributed by atoms with Crippen LogP contribution in [0, 0.1) is 7.43 Å². The van der Waals surface area contributed by atoms with Gasteiger partial charge in [-0.25, -0.2) is 0 Å². The van der Waals surface area contributed by atoms with Crippen molar-refractivity contribution in [3.63, 3.8) is 0 Å². The molecular formula is C31H27N6Ni-. The maximum absolute atomic E-state index is 4.19. The van der Waals surface area contributed by atoms with Gasteiger partial charge in [-0.05, 0) is 72.8 Å². The molecule has 0 saturated carbocycles. The van der Waals surface area contributed by atoms with Gasteiger partial charge in [-0.15, -0.1) is 0 Å². The molecule has 0 bridgehead atoms. The molecule has 0 atom stereocenters. The summed E-state index contributed by atoms with van der Waals surface area (Å²) in [7, 11) is 0. The molecule has 0 N–H and O–H groups in total. The third kappa shape index (κ3) is 9.45. The summed E-state index contributed by atoms with van der Waals surface area (Å²) in [5.74, 6) is 0. The van der Waals surface area contributed by atoms with Crippen LogP contribution in [0.2, 0.25) is 0 Å². The van der Waals surface area contributed by atoms with E-state index >= 15 is 0 Å². The molecule has 0 radical (unpaired) electrons. The normalized spacial score (nSPS) is 9.16. The van der Waals surface area contributed by atoms with Crippen LogP contribution in [0.5, 0.6) is 0 Å². The molecule has 38 heavy (non-hydrogen) atoms. The van der Waals surface area contributed by atoms with Gasteiger partial charge in [-0.1, -0.05) is 36.4 Å². The molecule has 192 valence electrons. The summed E-state index contributed by atoms with van der Waals surface area (Å²) in [4.78, 5) is 25.1. The summed E-state index contributed by atoms with van der Waals surface area (Å²) in [6.07, 6.45) is 10.6. The number of nitrogens with zero attached hydrogens (tertiary/aromatic N) is 6. The second kappa shape index (κ2) is 17.0. The maximum atomic E-state index is 4.19. The smallest absolute Gasteiger partial charge is 0.0886 e. The van der Waals surface area contributed by atoms with Gasteiger partial charge in [0.15, 0.2) is 0 Å². The van der Waals surface area contributed by atoms with Crippen molar-refractivity contribution in [3.05, 3.63) is 154 Å². The molecule has 0 aliphatic heterocycles. The molecule has 0 aliphatic carbocycles. The van der Waals surface area contributed by atoms with Crippen LogP contribution in [0.3, 0.4) is 0 Å². The van der Waals surface area contributed by atoms with Crippen LogP contribution in [0.4, 0.5) is 0 Å². The van der Waals surface area contributed by atoms with Crippen molar-refractivity contribution in [1.29, 1.82) is 0 Å². The van der Waals surface area contributed by atoms with E-state index in [-0.39, 0.29) is 23.9 Å². The van der Waals surface area contributed by atoms with E-state index in [0.29, 0.717) is 0 Å². The number of aromatic nitrogens is 6. The predicted molar refractivity (Wildman–Crippen MR) is 149 cm³/mol. The summed E-state index contributed by atoms with van der Waals surface area (Å²) >= 11 is 0. The fourth-order valence-electron chi connectivity index (χ4n) is 3.09. The first kappa shape index (κ1) is 29.6. The van der Waals surface area contributed by atoms with Crippen molar-refractivity contribution >= 4 is 0 Å². The summed E-state index contributed by atoms with van der Waals surface area (Å²) in [5, 5.41) is 0. The van der Waals surface area contributed by atoms with Gasteiger partial charge in [0.05, 0.1) is 34.2 Å². The minimum absolute atomic E-state index is 0. The molecule has 6 heterocycles. The first-order valence-corrected chi connectivity index (χ1v) is 11.4. The van der Waals surface area contributed by atoms with Gasteiger partial charge in [0, 0.05) is 53.7 Å². The molecule has 0 spiro atoms. The SMILES string of the molecule is [CH3-].[Ni].c1ccc(-c2ccccn2)nc1.c1ccc(-c2ccccn2)nc1.c1ccc(-c2ccccn2)nc1. The van der Waals surface area contributed by atoms with Crippen LogP contribution in [-0.2, 0) is 16.5 Å². The standard InChI is InChI=1S/3C10H8N2.CH3.Ni/c3*1-3-7-11-9(5-1)10-6-2-4-8-12-10;;/h3*1-8H;1H3;/q;;;-1;. The van der Waals surface area contributed by atoms with Gasteiger partial charge in [-0.3, -0.25) is 29.9 Å². The minimum atomic E-state index is 0. The fraction of sp³-hybridized carbons (Fsp3) is 0. The number of rotatable bonds is 3. The molecule has 0 saturated heterocycles.